The lowest BCUT2D eigenvalue weighted by molar-refractivity contribution is 0.586. The second-order valence-electron chi connectivity index (χ2n) is 6.18. The first-order valence-electron chi connectivity index (χ1n) is 8.22. The van der Waals surface area contributed by atoms with E-state index in [1.807, 2.05) is 36.4 Å². The molecule has 1 saturated carbocycles. The Morgan fingerprint density at radius 1 is 1.00 bits per heavy atom. The molecule has 122 valence electrons. The van der Waals surface area contributed by atoms with Crippen molar-refractivity contribution in [3.63, 3.8) is 0 Å². The summed E-state index contributed by atoms with van der Waals surface area (Å²) >= 11 is 0.674. The van der Waals surface area contributed by atoms with E-state index in [9.17, 15) is 4.55 Å². The Bertz CT molecular complexity index is 744. The fourth-order valence-corrected chi connectivity index (χ4v) is 5.51. The lowest BCUT2D eigenvalue weighted by Gasteiger charge is -2.22. The van der Waals surface area contributed by atoms with Gasteiger partial charge in [-0.2, -0.15) is 0 Å². The third-order valence-electron chi connectivity index (χ3n) is 4.25. The molecule has 2 aromatic carbocycles. The van der Waals surface area contributed by atoms with Crippen LogP contribution in [0.1, 0.15) is 45.8 Å². The molecule has 24 heavy (non-hydrogen) atoms. The van der Waals surface area contributed by atoms with Gasteiger partial charge in [0.05, 0.1) is 5.01 Å². The van der Waals surface area contributed by atoms with Crippen molar-refractivity contribution in [3.05, 3.63) is 87.9 Å². The maximum Gasteiger partial charge on any atom is 0.166 e. The third kappa shape index (κ3) is 3.56. The number of rotatable bonds is 6. The number of hydrogen-bond donors (Lipinski definition) is 0. The molecule has 1 aliphatic carbocycles. The Labute approximate surface area is 149 Å². The Hall–Kier alpha value is -1.62. The lowest BCUT2D eigenvalue weighted by Crippen LogP contribution is -2.17. The standard InChI is InChI=1S/C20H19NOS2/c22-24(14-18-13-23-20(21-18)17-11-12-17)19(15-7-3-1-4-8-15)16-9-5-2-6-10-16/h1-10,13,17,19H,11-12,14H2/t24-/m0/s1. The summed E-state index contributed by atoms with van der Waals surface area (Å²) in [5.41, 5.74) is 3.16. The molecular formula is C20H19NOS2. The molecule has 0 unspecified atom stereocenters. The van der Waals surface area contributed by atoms with Crippen LogP contribution in [0.2, 0.25) is 0 Å². The van der Waals surface area contributed by atoms with Crippen molar-refractivity contribution in [3.8, 4) is 0 Å². The summed E-state index contributed by atoms with van der Waals surface area (Å²) < 4.78 is 13.2. The van der Waals surface area contributed by atoms with Crippen LogP contribution in [0.3, 0.4) is 0 Å². The summed E-state index contributed by atoms with van der Waals surface area (Å²) in [6, 6.07) is 20.3. The Kier molecular flexibility index (Phi) is 4.69. The van der Waals surface area contributed by atoms with Gasteiger partial charge in [-0.25, -0.2) is 4.98 Å². The monoisotopic (exact) mass is 353 g/mol. The molecule has 0 amide bonds. The first-order chi connectivity index (χ1) is 11.8. The van der Waals surface area contributed by atoms with Crippen LogP contribution in [0.25, 0.3) is 0 Å². The summed E-state index contributed by atoms with van der Waals surface area (Å²) in [6.07, 6.45) is 2.51. The van der Waals surface area contributed by atoms with Crippen molar-refractivity contribution in [1.82, 2.24) is 4.98 Å². The van der Waals surface area contributed by atoms with E-state index in [1.165, 1.54) is 17.8 Å². The smallest absolute Gasteiger partial charge is 0.166 e. The number of nitrogens with zero attached hydrogens (tertiary/aromatic N) is 1. The van der Waals surface area contributed by atoms with E-state index in [1.54, 1.807) is 11.3 Å². The molecule has 0 bridgehead atoms. The van der Waals surface area contributed by atoms with Gasteiger partial charge in [0.15, 0.2) is 5.25 Å². The number of hydrogen-bond acceptors (Lipinski definition) is 3. The van der Waals surface area contributed by atoms with Crippen molar-refractivity contribution in [1.29, 1.82) is 0 Å². The highest BCUT2D eigenvalue weighted by Crippen LogP contribution is 2.42. The fraction of sp³-hybridized carbons (Fsp3) is 0.250. The average molecular weight is 354 g/mol. The second kappa shape index (κ2) is 7.09. The van der Waals surface area contributed by atoms with E-state index in [2.05, 4.69) is 29.6 Å². The van der Waals surface area contributed by atoms with Crippen LogP contribution >= 0.6 is 11.3 Å². The van der Waals surface area contributed by atoms with Crippen LogP contribution < -0.4 is 0 Å². The van der Waals surface area contributed by atoms with Crippen LogP contribution in [0.4, 0.5) is 0 Å². The average Bonchev–Trinajstić information content (AvgIpc) is 3.37. The highest BCUT2D eigenvalue weighted by molar-refractivity contribution is 7.91. The summed E-state index contributed by atoms with van der Waals surface area (Å²) in [6.45, 7) is 0. The first-order valence-corrected chi connectivity index (χ1v) is 10.5. The van der Waals surface area contributed by atoms with Gasteiger partial charge in [0, 0.05) is 22.4 Å². The van der Waals surface area contributed by atoms with Crippen molar-refractivity contribution >= 4 is 22.5 Å². The van der Waals surface area contributed by atoms with Gasteiger partial charge in [-0.15, -0.1) is 11.3 Å². The van der Waals surface area contributed by atoms with Crippen LogP contribution in [-0.2, 0) is 16.9 Å². The quantitative estimate of drug-likeness (QED) is 0.581. The molecule has 1 heterocycles. The molecule has 0 spiro atoms. The van der Waals surface area contributed by atoms with Gasteiger partial charge < -0.3 is 4.55 Å². The molecule has 1 fully saturated rings. The zero-order valence-electron chi connectivity index (χ0n) is 13.3. The minimum Gasteiger partial charge on any atom is -0.615 e. The van der Waals surface area contributed by atoms with Crippen molar-refractivity contribution in [2.75, 3.05) is 0 Å². The summed E-state index contributed by atoms with van der Waals surface area (Å²) in [5, 5.41) is 3.19. The molecular weight excluding hydrogens is 334 g/mol. The predicted octanol–water partition coefficient (Wildman–Crippen LogP) is 5.06. The number of benzene rings is 2. The zero-order valence-corrected chi connectivity index (χ0v) is 14.9. The highest BCUT2D eigenvalue weighted by atomic mass is 32.2. The highest BCUT2D eigenvalue weighted by Gasteiger charge is 2.30. The maximum absolute atomic E-state index is 13.2. The minimum absolute atomic E-state index is 0.113. The summed E-state index contributed by atoms with van der Waals surface area (Å²) in [4.78, 5) is 4.71. The van der Waals surface area contributed by atoms with Gasteiger partial charge in [-0.3, -0.25) is 0 Å². The normalized spacial score (nSPS) is 15.6. The van der Waals surface area contributed by atoms with Crippen molar-refractivity contribution < 1.29 is 4.55 Å². The van der Waals surface area contributed by atoms with E-state index >= 15 is 0 Å². The van der Waals surface area contributed by atoms with E-state index in [0.29, 0.717) is 11.7 Å². The number of aromatic nitrogens is 1. The van der Waals surface area contributed by atoms with Crippen molar-refractivity contribution in [2.24, 2.45) is 0 Å². The van der Waals surface area contributed by atoms with Gasteiger partial charge in [0.2, 0.25) is 0 Å². The van der Waals surface area contributed by atoms with Gasteiger partial charge >= 0.3 is 0 Å². The lowest BCUT2D eigenvalue weighted by atomic mass is 10.0. The molecule has 0 aliphatic heterocycles. The predicted molar refractivity (Wildman–Crippen MR) is 101 cm³/mol. The Morgan fingerprint density at radius 3 is 2.12 bits per heavy atom. The zero-order chi connectivity index (χ0) is 16.4. The SMILES string of the molecule is [O-][S@@+](Cc1csc(C2CC2)n1)C(c1ccccc1)c1ccccc1. The van der Waals surface area contributed by atoms with Gasteiger partial charge in [0.1, 0.15) is 11.4 Å². The van der Waals surface area contributed by atoms with Gasteiger partial charge in [-0.1, -0.05) is 60.7 Å². The van der Waals surface area contributed by atoms with Crippen LogP contribution in [0.15, 0.2) is 66.0 Å². The molecule has 0 saturated heterocycles. The third-order valence-corrected chi connectivity index (χ3v) is 6.96. The Morgan fingerprint density at radius 2 is 1.58 bits per heavy atom. The molecule has 0 radical (unpaired) electrons. The molecule has 1 atom stereocenters. The molecule has 1 aromatic heterocycles. The Balaban J connectivity index is 1.59. The summed E-state index contributed by atoms with van der Waals surface area (Å²) in [5.74, 6) is 1.17. The molecule has 2 nitrogen and oxygen atoms in total. The van der Waals surface area contributed by atoms with Gasteiger partial charge in [0.25, 0.3) is 0 Å². The topological polar surface area (TPSA) is 36.0 Å². The summed E-state index contributed by atoms with van der Waals surface area (Å²) in [7, 11) is 0. The number of thiazole rings is 1. The van der Waals surface area contributed by atoms with E-state index < -0.39 is 11.2 Å². The van der Waals surface area contributed by atoms with Crippen LogP contribution in [0, 0.1) is 0 Å². The van der Waals surface area contributed by atoms with Crippen LogP contribution in [0.5, 0.6) is 0 Å². The fourth-order valence-electron chi connectivity index (χ4n) is 2.89. The molecule has 0 N–H and O–H groups in total. The second-order valence-corrected chi connectivity index (χ2v) is 8.59. The molecule has 4 heteroatoms. The molecule has 4 rings (SSSR count). The van der Waals surface area contributed by atoms with Crippen LogP contribution in [-0.4, -0.2) is 9.54 Å². The maximum atomic E-state index is 13.2. The van der Waals surface area contributed by atoms with E-state index in [-0.39, 0.29) is 5.25 Å². The van der Waals surface area contributed by atoms with E-state index in [4.69, 9.17) is 4.98 Å². The molecule has 1 aliphatic rings. The van der Waals surface area contributed by atoms with Crippen molar-refractivity contribution in [2.45, 2.75) is 29.8 Å². The minimum atomic E-state index is -1.05. The largest absolute Gasteiger partial charge is 0.615 e. The van der Waals surface area contributed by atoms with Gasteiger partial charge in [-0.05, 0) is 24.0 Å². The van der Waals surface area contributed by atoms with E-state index in [0.717, 1.165) is 16.8 Å². The molecule has 3 aromatic rings. The first kappa shape index (κ1) is 15.9.